The smallest absolute Gasteiger partial charge is 0.223 e. The van der Waals surface area contributed by atoms with Crippen molar-refractivity contribution in [2.45, 2.75) is 19.3 Å². The van der Waals surface area contributed by atoms with Crippen LogP contribution in [-0.2, 0) is 4.79 Å². The number of hydrogen-bond donors (Lipinski definition) is 2. The lowest BCUT2D eigenvalue weighted by Crippen LogP contribution is -2.32. The summed E-state index contributed by atoms with van der Waals surface area (Å²) in [5.74, 6) is 0.554. The van der Waals surface area contributed by atoms with Gasteiger partial charge < -0.3 is 10.6 Å². The largest absolute Gasteiger partial charge is 0.355 e. The van der Waals surface area contributed by atoms with Crippen molar-refractivity contribution in [1.82, 2.24) is 10.6 Å². The van der Waals surface area contributed by atoms with Gasteiger partial charge in [0.2, 0.25) is 5.91 Å². The van der Waals surface area contributed by atoms with Crippen molar-refractivity contribution in [2.24, 2.45) is 5.92 Å². The molecule has 0 aromatic heterocycles. The standard InChI is InChI=1S/C10H18N2O/c1-2-3-6-11-7-8-12-10(13)9-4-5-9/h2,9,11H,1,3-8H2,(H,12,13). The molecule has 0 heterocycles. The molecule has 0 radical (unpaired) electrons. The van der Waals surface area contributed by atoms with Crippen molar-refractivity contribution in [3.63, 3.8) is 0 Å². The van der Waals surface area contributed by atoms with Crippen LogP contribution in [0.15, 0.2) is 12.7 Å². The zero-order valence-corrected chi connectivity index (χ0v) is 8.01. The lowest BCUT2D eigenvalue weighted by molar-refractivity contribution is -0.122. The van der Waals surface area contributed by atoms with Gasteiger partial charge in [-0.3, -0.25) is 4.79 Å². The van der Waals surface area contributed by atoms with Gasteiger partial charge in [-0.05, 0) is 25.8 Å². The maximum absolute atomic E-state index is 11.1. The summed E-state index contributed by atoms with van der Waals surface area (Å²) in [4.78, 5) is 11.1. The summed E-state index contributed by atoms with van der Waals surface area (Å²) in [6.45, 7) is 6.17. The molecule has 2 N–H and O–H groups in total. The van der Waals surface area contributed by atoms with Gasteiger partial charge in [-0.25, -0.2) is 0 Å². The van der Waals surface area contributed by atoms with Crippen molar-refractivity contribution in [3.05, 3.63) is 12.7 Å². The Morgan fingerprint density at radius 3 is 2.77 bits per heavy atom. The van der Waals surface area contributed by atoms with Crippen molar-refractivity contribution in [3.8, 4) is 0 Å². The minimum Gasteiger partial charge on any atom is -0.355 e. The number of nitrogens with one attached hydrogen (secondary N) is 2. The second-order valence-corrected chi connectivity index (χ2v) is 3.39. The van der Waals surface area contributed by atoms with Crippen LogP contribution in [0.2, 0.25) is 0 Å². The highest BCUT2D eigenvalue weighted by Crippen LogP contribution is 2.28. The highest BCUT2D eigenvalue weighted by molar-refractivity contribution is 5.80. The van der Waals surface area contributed by atoms with Crippen molar-refractivity contribution in [1.29, 1.82) is 0 Å². The van der Waals surface area contributed by atoms with Crippen LogP contribution < -0.4 is 10.6 Å². The fourth-order valence-electron chi connectivity index (χ4n) is 1.09. The molecule has 0 saturated heterocycles. The van der Waals surface area contributed by atoms with Gasteiger partial charge in [0, 0.05) is 19.0 Å². The number of carbonyl (C=O) groups excluding carboxylic acids is 1. The maximum atomic E-state index is 11.1. The molecule has 3 heteroatoms. The molecule has 1 amide bonds. The van der Waals surface area contributed by atoms with E-state index in [1.807, 2.05) is 6.08 Å². The number of hydrogen-bond acceptors (Lipinski definition) is 2. The van der Waals surface area contributed by atoms with E-state index < -0.39 is 0 Å². The first-order valence-electron chi connectivity index (χ1n) is 4.94. The zero-order valence-electron chi connectivity index (χ0n) is 8.01. The first-order valence-corrected chi connectivity index (χ1v) is 4.94. The van der Waals surface area contributed by atoms with Gasteiger partial charge in [0.25, 0.3) is 0 Å². The van der Waals surface area contributed by atoms with E-state index in [-0.39, 0.29) is 5.91 Å². The summed E-state index contributed by atoms with van der Waals surface area (Å²) < 4.78 is 0. The topological polar surface area (TPSA) is 41.1 Å². The molecular formula is C10H18N2O. The van der Waals surface area contributed by atoms with Gasteiger partial charge in [-0.15, -0.1) is 6.58 Å². The van der Waals surface area contributed by atoms with Crippen molar-refractivity contribution >= 4 is 5.91 Å². The van der Waals surface area contributed by atoms with E-state index in [0.717, 1.165) is 38.9 Å². The van der Waals surface area contributed by atoms with Gasteiger partial charge in [-0.2, -0.15) is 0 Å². The van der Waals surface area contributed by atoms with Crippen LogP contribution in [0.1, 0.15) is 19.3 Å². The fourth-order valence-corrected chi connectivity index (χ4v) is 1.09. The molecule has 0 aliphatic heterocycles. The first kappa shape index (κ1) is 10.3. The molecular weight excluding hydrogens is 164 g/mol. The Labute approximate surface area is 79.6 Å². The monoisotopic (exact) mass is 182 g/mol. The Kier molecular flexibility index (Phi) is 4.54. The summed E-state index contributed by atoms with van der Waals surface area (Å²) in [7, 11) is 0. The molecule has 3 nitrogen and oxygen atoms in total. The quantitative estimate of drug-likeness (QED) is 0.449. The zero-order chi connectivity index (χ0) is 9.52. The normalized spacial score (nSPS) is 15.4. The lowest BCUT2D eigenvalue weighted by Gasteiger charge is -2.04. The predicted octanol–water partition coefficient (Wildman–Crippen LogP) is 0.678. The molecule has 0 unspecified atom stereocenters. The summed E-state index contributed by atoms with van der Waals surface area (Å²) in [6, 6.07) is 0. The van der Waals surface area contributed by atoms with Crippen LogP contribution in [0.3, 0.4) is 0 Å². The Hall–Kier alpha value is -0.830. The van der Waals surface area contributed by atoms with E-state index in [2.05, 4.69) is 17.2 Å². The van der Waals surface area contributed by atoms with Gasteiger partial charge in [0.15, 0.2) is 0 Å². The van der Waals surface area contributed by atoms with E-state index in [4.69, 9.17) is 0 Å². The molecule has 0 aromatic rings. The van der Waals surface area contributed by atoms with Crippen LogP contribution in [0.5, 0.6) is 0 Å². The predicted molar refractivity (Wildman–Crippen MR) is 53.4 cm³/mol. The third-order valence-corrected chi connectivity index (χ3v) is 2.07. The average molecular weight is 182 g/mol. The Bertz CT molecular complexity index is 176. The molecule has 1 aliphatic carbocycles. The summed E-state index contributed by atoms with van der Waals surface area (Å²) >= 11 is 0. The van der Waals surface area contributed by atoms with Gasteiger partial charge >= 0.3 is 0 Å². The minimum atomic E-state index is 0.227. The summed E-state index contributed by atoms with van der Waals surface area (Å²) in [5, 5.41) is 6.11. The third-order valence-electron chi connectivity index (χ3n) is 2.07. The Morgan fingerprint density at radius 2 is 2.15 bits per heavy atom. The molecule has 1 saturated carbocycles. The molecule has 1 aliphatic rings. The number of carbonyl (C=O) groups is 1. The fraction of sp³-hybridized carbons (Fsp3) is 0.700. The van der Waals surface area contributed by atoms with Crippen molar-refractivity contribution in [2.75, 3.05) is 19.6 Å². The molecule has 0 aromatic carbocycles. The molecule has 74 valence electrons. The molecule has 0 atom stereocenters. The van der Waals surface area contributed by atoms with Crippen LogP contribution in [0.25, 0.3) is 0 Å². The maximum Gasteiger partial charge on any atom is 0.223 e. The summed E-state index contributed by atoms with van der Waals surface area (Å²) in [5.41, 5.74) is 0. The molecule has 0 bridgehead atoms. The van der Waals surface area contributed by atoms with Crippen molar-refractivity contribution < 1.29 is 4.79 Å². The molecule has 13 heavy (non-hydrogen) atoms. The minimum absolute atomic E-state index is 0.227. The number of amides is 1. The van der Waals surface area contributed by atoms with Gasteiger partial charge in [0.1, 0.15) is 0 Å². The SMILES string of the molecule is C=CCCNCCNC(=O)C1CC1. The molecule has 1 rings (SSSR count). The van der Waals surface area contributed by atoms with Gasteiger partial charge in [0.05, 0.1) is 0 Å². The first-order chi connectivity index (χ1) is 6.34. The Morgan fingerprint density at radius 1 is 1.38 bits per heavy atom. The van der Waals surface area contributed by atoms with Crippen LogP contribution >= 0.6 is 0 Å². The van der Waals surface area contributed by atoms with Crippen LogP contribution in [0, 0.1) is 5.92 Å². The van der Waals surface area contributed by atoms with E-state index in [1.165, 1.54) is 0 Å². The third kappa shape index (κ3) is 4.68. The average Bonchev–Trinajstić information content (AvgIpc) is 2.93. The Balaban J connectivity index is 1.83. The van der Waals surface area contributed by atoms with Crippen LogP contribution in [-0.4, -0.2) is 25.5 Å². The highest BCUT2D eigenvalue weighted by atomic mass is 16.2. The lowest BCUT2D eigenvalue weighted by atomic mass is 10.4. The van der Waals surface area contributed by atoms with E-state index in [1.54, 1.807) is 0 Å². The van der Waals surface area contributed by atoms with E-state index in [9.17, 15) is 4.79 Å². The number of rotatable bonds is 7. The summed E-state index contributed by atoms with van der Waals surface area (Å²) in [6.07, 6.45) is 5.03. The molecule has 1 fully saturated rings. The highest BCUT2D eigenvalue weighted by Gasteiger charge is 2.28. The van der Waals surface area contributed by atoms with E-state index >= 15 is 0 Å². The second-order valence-electron chi connectivity index (χ2n) is 3.39. The molecule has 0 spiro atoms. The van der Waals surface area contributed by atoms with Gasteiger partial charge in [-0.1, -0.05) is 6.08 Å². The van der Waals surface area contributed by atoms with Crippen LogP contribution in [0.4, 0.5) is 0 Å². The van der Waals surface area contributed by atoms with E-state index in [0.29, 0.717) is 5.92 Å². The second kappa shape index (κ2) is 5.75.